The molecule has 1 aromatic carbocycles. The summed E-state index contributed by atoms with van der Waals surface area (Å²) in [7, 11) is 0. The molecule has 1 aromatic rings. The van der Waals surface area contributed by atoms with Crippen molar-refractivity contribution in [3.05, 3.63) is 29.3 Å². The summed E-state index contributed by atoms with van der Waals surface area (Å²) >= 11 is 0. The lowest BCUT2D eigenvalue weighted by atomic mass is 10.0. The van der Waals surface area contributed by atoms with Crippen LogP contribution in [0, 0.1) is 6.92 Å². The third kappa shape index (κ3) is 5.19. The topological polar surface area (TPSA) is 50.7 Å². The standard InChI is InChI=1S/C15H25NO3/c1-5-18-15(19-6-2)10-16-12(4)13-9-11(3)7-8-14(13)17/h7-9,12,15-17H,5-6,10H2,1-4H3. The van der Waals surface area contributed by atoms with Gasteiger partial charge in [-0.25, -0.2) is 0 Å². The van der Waals surface area contributed by atoms with Gasteiger partial charge in [-0.15, -0.1) is 0 Å². The molecule has 0 radical (unpaired) electrons. The summed E-state index contributed by atoms with van der Waals surface area (Å²) in [5.41, 5.74) is 2.03. The van der Waals surface area contributed by atoms with Crippen LogP contribution in [0.1, 0.15) is 37.9 Å². The van der Waals surface area contributed by atoms with Crippen molar-refractivity contribution in [2.45, 2.75) is 40.0 Å². The fourth-order valence-corrected chi connectivity index (χ4v) is 1.94. The molecule has 0 fully saturated rings. The lowest BCUT2D eigenvalue weighted by molar-refractivity contribution is -0.133. The van der Waals surface area contributed by atoms with E-state index in [-0.39, 0.29) is 12.3 Å². The summed E-state index contributed by atoms with van der Waals surface area (Å²) in [5.74, 6) is 0.315. The molecule has 0 aliphatic carbocycles. The van der Waals surface area contributed by atoms with Gasteiger partial charge < -0.3 is 19.9 Å². The Kier molecular flexibility index (Phi) is 6.84. The van der Waals surface area contributed by atoms with Crippen LogP contribution in [-0.4, -0.2) is 31.2 Å². The van der Waals surface area contributed by atoms with Gasteiger partial charge >= 0.3 is 0 Å². The minimum atomic E-state index is -0.246. The van der Waals surface area contributed by atoms with Gasteiger partial charge in [0.25, 0.3) is 0 Å². The van der Waals surface area contributed by atoms with E-state index in [0.29, 0.717) is 25.5 Å². The van der Waals surface area contributed by atoms with Gasteiger partial charge in [0.05, 0.1) is 0 Å². The van der Waals surface area contributed by atoms with Crippen LogP contribution in [0.15, 0.2) is 18.2 Å². The largest absolute Gasteiger partial charge is 0.508 e. The van der Waals surface area contributed by atoms with Gasteiger partial charge in [-0.2, -0.15) is 0 Å². The van der Waals surface area contributed by atoms with Crippen molar-refractivity contribution in [1.29, 1.82) is 0 Å². The maximum absolute atomic E-state index is 9.87. The Morgan fingerprint density at radius 3 is 2.42 bits per heavy atom. The van der Waals surface area contributed by atoms with Gasteiger partial charge in [0.1, 0.15) is 5.75 Å². The first-order valence-corrected chi connectivity index (χ1v) is 6.84. The monoisotopic (exact) mass is 267 g/mol. The minimum absolute atomic E-state index is 0.0447. The second-order valence-electron chi connectivity index (χ2n) is 4.53. The molecule has 0 bridgehead atoms. The molecule has 0 heterocycles. The van der Waals surface area contributed by atoms with Crippen molar-refractivity contribution < 1.29 is 14.6 Å². The quantitative estimate of drug-likeness (QED) is 0.711. The highest BCUT2D eigenvalue weighted by atomic mass is 16.7. The number of rotatable bonds is 8. The molecular weight excluding hydrogens is 242 g/mol. The average Bonchev–Trinajstić information content (AvgIpc) is 2.39. The Morgan fingerprint density at radius 2 is 1.84 bits per heavy atom. The predicted molar refractivity (Wildman–Crippen MR) is 76.3 cm³/mol. The summed E-state index contributed by atoms with van der Waals surface area (Å²) < 4.78 is 11.0. The number of aromatic hydroxyl groups is 1. The molecule has 0 spiro atoms. The van der Waals surface area contributed by atoms with Gasteiger partial charge in [0, 0.05) is 31.4 Å². The fourth-order valence-electron chi connectivity index (χ4n) is 1.94. The van der Waals surface area contributed by atoms with E-state index in [1.165, 1.54) is 0 Å². The van der Waals surface area contributed by atoms with Crippen LogP contribution in [0.3, 0.4) is 0 Å². The van der Waals surface area contributed by atoms with Gasteiger partial charge in [-0.1, -0.05) is 17.7 Å². The minimum Gasteiger partial charge on any atom is -0.508 e. The summed E-state index contributed by atoms with van der Waals surface area (Å²) in [6.07, 6.45) is -0.246. The molecule has 4 nitrogen and oxygen atoms in total. The maximum atomic E-state index is 9.87. The molecule has 1 atom stereocenters. The lowest BCUT2D eigenvalue weighted by Crippen LogP contribution is -2.33. The molecule has 19 heavy (non-hydrogen) atoms. The van der Waals surface area contributed by atoms with Crippen LogP contribution in [0.25, 0.3) is 0 Å². The molecular formula is C15H25NO3. The van der Waals surface area contributed by atoms with Crippen LogP contribution in [0.5, 0.6) is 5.75 Å². The Morgan fingerprint density at radius 1 is 1.21 bits per heavy atom. The molecule has 108 valence electrons. The second kappa shape index (κ2) is 8.15. The summed E-state index contributed by atoms with van der Waals surface area (Å²) in [6, 6.07) is 5.66. The molecule has 0 aromatic heterocycles. The summed E-state index contributed by atoms with van der Waals surface area (Å²) in [6.45, 7) is 9.76. The number of hydrogen-bond acceptors (Lipinski definition) is 4. The highest BCUT2D eigenvalue weighted by Crippen LogP contribution is 2.24. The first-order valence-electron chi connectivity index (χ1n) is 6.84. The number of phenolic OH excluding ortho intramolecular Hbond substituents is 1. The van der Waals surface area contributed by atoms with Crippen molar-refractivity contribution in [3.63, 3.8) is 0 Å². The molecule has 0 saturated carbocycles. The van der Waals surface area contributed by atoms with Gasteiger partial charge in [-0.05, 0) is 33.8 Å². The molecule has 4 heteroatoms. The van der Waals surface area contributed by atoms with Crippen LogP contribution >= 0.6 is 0 Å². The molecule has 0 aliphatic heterocycles. The number of phenols is 1. The highest BCUT2D eigenvalue weighted by molar-refractivity contribution is 5.37. The number of hydrogen-bond donors (Lipinski definition) is 2. The van der Waals surface area contributed by atoms with E-state index in [1.807, 2.05) is 39.8 Å². The first kappa shape index (κ1) is 16.0. The van der Waals surface area contributed by atoms with Crippen LogP contribution in [0.4, 0.5) is 0 Å². The van der Waals surface area contributed by atoms with Crippen LogP contribution < -0.4 is 5.32 Å². The molecule has 1 unspecified atom stereocenters. The van der Waals surface area contributed by atoms with E-state index in [1.54, 1.807) is 6.07 Å². The van der Waals surface area contributed by atoms with Gasteiger partial charge in [-0.3, -0.25) is 0 Å². The van der Waals surface area contributed by atoms with Gasteiger partial charge in [0.2, 0.25) is 0 Å². The molecule has 0 aliphatic rings. The first-order chi connectivity index (χ1) is 9.08. The second-order valence-corrected chi connectivity index (χ2v) is 4.53. The van der Waals surface area contributed by atoms with Crippen molar-refractivity contribution >= 4 is 0 Å². The maximum Gasteiger partial charge on any atom is 0.169 e. The third-order valence-electron chi connectivity index (χ3n) is 2.95. The zero-order valence-electron chi connectivity index (χ0n) is 12.3. The SMILES string of the molecule is CCOC(CNC(C)c1cc(C)ccc1O)OCC. The summed E-state index contributed by atoms with van der Waals surface area (Å²) in [5, 5.41) is 13.2. The number of aryl methyl sites for hydroxylation is 1. The van der Waals surface area contributed by atoms with E-state index in [2.05, 4.69) is 5.32 Å². The summed E-state index contributed by atoms with van der Waals surface area (Å²) in [4.78, 5) is 0. The Labute approximate surface area is 115 Å². The number of nitrogens with one attached hydrogen (secondary N) is 1. The van der Waals surface area contributed by atoms with E-state index in [9.17, 15) is 5.11 Å². The zero-order valence-corrected chi connectivity index (χ0v) is 12.3. The number of benzene rings is 1. The van der Waals surface area contributed by atoms with Crippen LogP contribution in [-0.2, 0) is 9.47 Å². The molecule has 0 amide bonds. The van der Waals surface area contributed by atoms with E-state index in [0.717, 1.165) is 11.1 Å². The predicted octanol–water partition coefficient (Wildman–Crippen LogP) is 2.75. The fraction of sp³-hybridized carbons (Fsp3) is 0.600. The Balaban J connectivity index is 2.58. The average molecular weight is 267 g/mol. The van der Waals surface area contributed by atoms with Crippen molar-refractivity contribution in [3.8, 4) is 5.75 Å². The molecule has 0 saturated heterocycles. The van der Waals surface area contributed by atoms with E-state index >= 15 is 0 Å². The van der Waals surface area contributed by atoms with E-state index in [4.69, 9.17) is 9.47 Å². The lowest BCUT2D eigenvalue weighted by Gasteiger charge is -2.21. The third-order valence-corrected chi connectivity index (χ3v) is 2.95. The van der Waals surface area contributed by atoms with Crippen molar-refractivity contribution in [2.24, 2.45) is 0 Å². The highest BCUT2D eigenvalue weighted by Gasteiger charge is 2.13. The normalized spacial score (nSPS) is 12.9. The molecule has 2 N–H and O–H groups in total. The van der Waals surface area contributed by atoms with Gasteiger partial charge in [0.15, 0.2) is 6.29 Å². The van der Waals surface area contributed by atoms with Crippen molar-refractivity contribution in [1.82, 2.24) is 5.32 Å². The van der Waals surface area contributed by atoms with Crippen LogP contribution in [0.2, 0.25) is 0 Å². The Bertz CT molecular complexity index is 376. The molecule has 1 rings (SSSR count). The zero-order chi connectivity index (χ0) is 14.3. The smallest absolute Gasteiger partial charge is 0.169 e. The van der Waals surface area contributed by atoms with Crippen molar-refractivity contribution in [2.75, 3.05) is 19.8 Å². The number of ether oxygens (including phenoxy) is 2. The van der Waals surface area contributed by atoms with E-state index < -0.39 is 0 Å². The Hall–Kier alpha value is -1.10.